The lowest BCUT2D eigenvalue weighted by Crippen LogP contribution is -2.36. The number of likely N-dealkylation sites (tertiary alicyclic amines) is 1. The number of nitrogens with zero attached hydrogens (tertiary/aromatic N) is 1. The molecule has 0 radical (unpaired) electrons. The first-order chi connectivity index (χ1) is 13.6. The van der Waals surface area contributed by atoms with Gasteiger partial charge in [0, 0.05) is 6.04 Å². The molecule has 1 aliphatic rings. The number of hydrogen-bond donors (Lipinski definition) is 1. The van der Waals surface area contributed by atoms with Crippen molar-refractivity contribution >= 4 is 28.9 Å². The first kappa shape index (κ1) is 20.4. The molecule has 150 valence electrons. The second-order valence-electron chi connectivity index (χ2n) is 6.81. The number of methoxy groups -OCH3 is 2. The van der Waals surface area contributed by atoms with Gasteiger partial charge in [0.15, 0.2) is 0 Å². The number of ether oxygens (including phenoxy) is 2. The molecule has 0 spiro atoms. The van der Waals surface area contributed by atoms with Crippen molar-refractivity contribution < 1.29 is 19.1 Å². The number of anilines is 1. The SMILES string of the molecule is COC(=O)c1sccc1NC(=O)CN1CCCCCC1c1ccc(OC)cc1. The number of amides is 1. The van der Waals surface area contributed by atoms with Gasteiger partial charge in [-0.2, -0.15) is 0 Å². The second kappa shape index (κ2) is 9.71. The molecule has 1 amide bonds. The summed E-state index contributed by atoms with van der Waals surface area (Å²) < 4.78 is 10.0. The fourth-order valence-corrected chi connectivity index (χ4v) is 4.36. The number of esters is 1. The molecule has 2 aromatic rings. The van der Waals surface area contributed by atoms with Crippen LogP contribution in [-0.4, -0.2) is 44.1 Å². The van der Waals surface area contributed by atoms with Crippen LogP contribution in [0.3, 0.4) is 0 Å². The largest absolute Gasteiger partial charge is 0.497 e. The molecular formula is C21H26N2O4S. The van der Waals surface area contributed by atoms with Crippen LogP contribution in [0.4, 0.5) is 5.69 Å². The standard InChI is InChI=1S/C21H26N2O4S/c1-26-16-9-7-15(8-10-16)18-6-4-3-5-12-23(18)14-19(24)22-17-11-13-28-20(17)21(25)27-2/h7-11,13,18H,3-6,12,14H2,1-2H3,(H,22,24). The lowest BCUT2D eigenvalue weighted by atomic mass is 10.0. The molecule has 0 bridgehead atoms. The smallest absolute Gasteiger partial charge is 0.350 e. The van der Waals surface area contributed by atoms with Gasteiger partial charge in [0.25, 0.3) is 0 Å². The number of carbonyl (C=O) groups is 2. The van der Waals surface area contributed by atoms with Crippen molar-refractivity contribution in [3.05, 3.63) is 46.2 Å². The molecule has 1 fully saturated rings. The zero-order chi connectivity index (χ0) is 19.9. The Labute approximate surface area is 169 Å². The van der Waals surface area contributed by atoms with E-state index < -0.39 is 5.97 Å². The molecule has 3 rings (SSSR count). The van der Waals surface area contributed by atoms with Crippen LogP contribution < -0.4 is 10.1 Å². The van der Waals surface area contributed by atoms with Crippen molar-refractivity contribution in [2.45, 2.75) is 31.7 Å². The van der Waals surface area contributed by atoms with E-state index in [0.29, 0.717) is 10.6 Å². The van der Waals surface area contributed by atoms with Gasteiger partial charge in [0.1, 0.15) is 10.6 Å². The molecule has 1 aromatic heterocycles. The van der Waals surface area contributed by atoms with E-state index in [4.69, 9.17) is 9.47 Å². The Morgan fingerprint density at radius 2 is 1.93 bits per heavy atom. The maximum absolute atomic E-state index is 12.7. The van der Waals surface area contributed by atoms with Gasteiger partial charge in [0.05, 0.1) is 26.5 Å². The van der Waals surface area contributed by atoms with Crippen LogP contribution in [0.25, 0.3) is 0 Å². The van der Waals surface area contributed by atoms with Gasteiger partial charge in [-0.3, -0.25) is 9.69 Å². The highest BCUT2D eigenvalue weighted by Crippen LogP contribution is 2.31. The fourth-order valence-electron chi connectivity index (χ4n) is 3.59. The molecule has 1 aliphatic heterocycles. The minimum absolute atomic E-state index is 0.121. The minimum atomic E-state index is -0.434. The molecule has 0 aliphatic carbocycles. The summed E-state index contributed by atoms with van der Waals surface area (Å²) in [5, 5.41) is 4.64. The van der Waals surface area contributed by atoms with E-state index in [1.54, 1.807) is 18.6 Å². The van der Waals surface area contributed by atoms with Gasteiger partial charge in [-0.25, -0.2) is 4.79 Å². The van der Waals surface area contributed by atoms with Crippen molar-refractivity contribution in [1.82, 2.24) is 4.90 Å². The Kier molecular flexibility index (Phi) is 7.06. The van der Waals surface area contributed by atoms with E-state index in [1.165, 1.54) is 30.4 Å². The number of hydrogen-bond acceptors (Lipinski definition) is 6. The lowest BCUT2D eigenvalue weighted by molar-refractivity contribution is -0.117. The maximum atomic E-state index is 12.7. The van der Waals surface area contributed by atoms with Crippen molar-refractivity contribution in [3.8, 4) is 5.75 Å². The first-order valence-corrected chi connectivity index (χ1v) is 10.3. The zero-order valence-electron chi connectivity index (χ0n) is 16.3. The molecule has 7 heteroatoms. The Morgan fingerprint density at radius 3 is 2.64 bits per heavy atom. The number of carbonyl (C=O) groups excluding carboxylic acids is 2. The topological polar surface area (TPSA) is 67.9 Å². The Morgan fingerprint density at radius 1 is 1.14 bits per heavy atom. The highest BCUT2D eigenvalue weighted by Gasteiger charge is 2.25. The van der Waals surface area contributed by atoms with Gasteiger partial charge in [-0.15, -0.1) is 11.3 Å². The summed E-state index contributed by atoms with van der Waals surface area (Å²) in [5.74, 6) is 0.273. The van der Waals surface area contributed by atoms with Crippen molar-refractivity contribution in [1.29, 1.82) is 0 Å². The molecular weight excluding hydrogens is 376 g/mol. The molecule has 1 saturated heterocycles. The molecule has 0 saturated carbocycles. The summed E-state index contributed by atoms with van der Waals surface area (Å²) in [5.41, 5.74) is 1.71. The van der Waals surface area contributed by atoms with Crippen molar-refractivity contribution in [2.75, 3.05) is 32.6 Å². The zero-order valence-corrected chi connectivity index (χ0v) is 17.1. The van der Waals surface area contributed by atoms with Crippen molar-refractivity contribution in [2.24, 2.45) is 0 Å². The molecule has 1 unspecified atom stereocenters. The molecule has 2 heterocycles. The van der Waals surface area contributed by atoms with E-state index in [2.05, 4.69) is 22.3 Å². The van der Waals surface area contributed by atoms with Gasteiger partial charge in [-0.05, 0) is 48.5 Å². The summed E-state index contributed by atoms with van der Waals surface area (Å²) in [7, 11) is 2.99. The quantitative estimate of drug-likeness (QED) is 0.737. The normalized spacial score (nSPS) is 17.6. The summed E-state index contributed by atoms with van der Waals surface area (Å²) in [6, 6.07) is 10.0. The lowest BCUT2D eigenvalue weighted by Gasteiger charge is -2.29. The number of nitrogens with one attached hydrogen (secondary N) is 1. The predicted molar refractivity (Wildman–Crippen MR) is 110 cm³/mol. The minimum Gasteiger partial charge on any atom is -0.497 e. The van der Waals surface area contributed by atoms with E-state index in [9.17, 15) is 9.59 Å². The van der Waals surface area contributed by atoms with Gasteiger partial charge >= 0.3 is 5.97 Å². The molecule has 1 aromatic carbocycles. The van der Waals surface area contributed by atoms with Crippen LogP contribution >= 0.6 is 11.3 Å². The summed E-state index contributed by atoms with van der Waals surface area (Å²) in [6.45, 7) is 1.16. The highest BCUT2D eigenvalue weighted by atomic mass is 32.1. The van der Waals surface area contributed by atoms with Crippen LogP contribution in [0.1, 0.15) is 47.0 Å². The monoisotopic (exact) mass is 402 g/mol. The van der Waals surface area contributed by atoms with Crippen LogP contribution in [-0.2, 0) is 9.53 Å². The summed E-state index contributed by atoms with van der Waals surface area (Å²) in [6.07, 6.45) is 4.41. The average Bonchev–Trinajstić information content (AvgIpc) is 3.05. The molecule has 6 nitrogen and oxygen atoms in total. The van der Waals surface area contributed by atoms with Crippen LogP contribution in [0.5, 0.6) is 5.75 Å². The van der Waals surface area contributed by atoms with Gasteiger partial charge in [-0.1, -0.05) is 25.0 Å². The fraction of sp³-hybridized carbons (Fsp3) is 0.429. The summed E-state index contributed by atoms with van der Waals surface area (Å²) >= 11 is 1.26. The number of benzene rings is 1. The van der Waals surface area contributed by atoms with Crippen LogP contribution in [0.2, 0.25) is 0 Å². The second-order valence-corrected chi connectivity index (χ2v) is 7.73. The highest BCUT2D eigenvalue weighted by molar-refractivity contribution is 7.12. The number of thiophene rings is 1. The third-order valence-corrected chi connectivity index (χ3v) is 5.92. The van der Waals surface area contributed by atoms with Crippen LogP contribution in [0, 0.1) is 0 Å². The van der Waals surface area contributed by atoms with E-state index in [0.717, 1.165) is 31.6 Å². The predicted octanol–water partition coefficient (Wildman–Crippen LogP) is 4.10. The van der Waals surface area contributed by atoms with E-state index in [-0.39, 0.29) is 18.5 Å². The first-order valence-electron chi connectivity index (χ1n) is 9.46. The van der Waals surface area contributed by atoms with Gasteiger partial charge in [0.2, 0.25) is 5.91 Å². The van der Waals surface area contributed by atoms with E-state index in [1.807, 2.05) is 12.1 Å². The van der Waals surface area contributed by atoms with Gasteiger partial charge < -0.3 is 14.8 Å². The maximum Gasteiger partial charge on any atom is 0.350 e. The van der Waals surface area contributed by atoms with Crippen molar-refractivity contribution in [3.63, 3.8) is 0 Å². The van der Waals surface area contributed by atoms with Crippen LogP contribution in [0.15, 0.2) is 35.7 Å². The molecule has 1 atom stereocenters. The molecule has 1 N–H and O–H groups in total. The van der Waals surface area contributed by atoms with E-state index >= 15 is 0 Å². The third-order valence-electron chi connectivity index (χ3n) is 5.02. The Hall–Kier alpha value is -2.38. The number of rotatable bonds is 6. The third kappa shape index (κ3) is 4.91. The summed E-state index contributed by atoms with van der Waals surface area (Å²) in [4.78, 5) is 27.2. The Bertz CT molecular complexity index is 803. The average molecular weight is 403 g/mol. The Balaban J connectivity index is 1.71. The molecule has 28 heavy (non-hydrogen) atoms.